The fourth-order valence-corrected chi connectivity index (χ4v) is 42.8. The van der Waals surface area contributed by atoms with Crippen molar-refractivity contribution in [2.45, 2.75) is 38.2 Å². The van der Waals surface area contributed by atoms with Gasteiger partial charge in [-0.2, -0.15) is 0 Å². The van der Waals surface area contributed by atoms with Gasteiger partial charge in [-0.1, -0.05) is 0 Å². The second-order valence-corrected chi connectivity index (χ2v) is 83.1. The Morgan fingerprint density at radius 3 is 1.52 bits per heavy atom. The quantitative estimate of drug-likeness (QED) is 0.275. The molecule has 0 aromatic heterocycles. The second-order valence-electron chi connectivity index (χ2n) is 13.7. The second kappa shape index (κ2) is 5.43. The van der Waals surface area contributed by atoms with Crippen LogP contribution >= 0.6 is 26.5 Å². The molecule has 0 fully saturated rings. The molecule has 0 atom stereocenters. The van der Waals surface area contributed by atoms with Crippen molar-refractivity contribution < 1.29 is 8.59 Å². The van der Waals surface area contributed by atoms with E-state index in [4.69, 9.17) is 18.6 Å². The third kappa shape index (κ3) is 3.71. The third-order valence-electron chi connectivity index (χ3n) is 8.80. The monoisotopic (exact) mass is 500 g/mol. The van der Waals surface area contributed by atoms with Crippen molar-refractivity contribution >= 4 is 43.1 Å². The SMILES string of the molecule is C[Si](C)(CP(c1ccccc1)c1ccccc1)[Ti]([CH3])([CH3])([CH3])([CH3])([Cl])([Cl])[CH]1C=CC=C1. The minimum absolute atomic E-state index is 0.0656. The molecule has 1 aliphatic rings. The van der Waals surface area contributed by atoms with Crippen LogP contribution in [0.25, 0.3) is 0 Å². The van der Waals surface area contributed by atoms with E-state index in [-0.39, 0.29) is 4.22 Å². The third-order valence-corrected chi connectivity index (χ3v) is 80.5. The molecule has 0 aliphatic heterocycles. The average Bonchev–Trinajstić information content (AvgIpc) is 3.16. The Hall–Kier alpha value is -0.139. The topological polar surface area (TPSA) is 0 Å². The summed E-state index contributed by atoms with van der Waals surface area (Å²) in [5.74, 6) is -1.24. The van der Waals surface area contributed by atoms with E-state index >= 15 is 0 Å². The van der Waals surface area contributed by atoms with E-state index in [2.05, 4.69) is 119 Å². The van der Waals surface area contributed by atoms with Crippen LogP contribution in [0.5, 0.6) is 0 Å². The molecule has 2 aromatic rings. The van der Waals surface area contributed by atoms with Gasteiger partial charge < -0.3 is 0 Å². The molecule has 0 nitrogen and oxygen atoms in total. The van der Waals surface area contributed by atoms with Crippen molar-refractivity contribution in [3.05, 3.63) is 85.0 Å². The molecule has 3 rings (SSSR count). The summed E-state index contributed by atoms with van der Waals surface area (Å²) in [6, 6.07) is 21.8. The van der Waals surface area contributed by atoms with Gasteiger partial charge in [0.25, 0.3) is 0 Å². The number of hydrogen-bond donors (Lipinski definition) is 0. The van der Waals surface area contributed by atoms with Crippen LogP contribution in [0.2, 0.25) is 38.2 Å². The summed E-state index contributed by atoms with van der Waals surface area (Å²) in [6.45, 7) is 4.88. The van der Waals surface area contributed by atoms with Gasteiger partial charge in [-0.05, 0) is 0 Å². The summed E-state index contributed by atoms with van der Waals surface area (Å²) >= 11 is 0. The maximum atomic E-state index is 8.18. The Morgan fingerprint density at radius 1 is 0.759 bits per heavy atom. The molecule has 0 amide bonds. The fourth-order valence-electron chi connectivity index (χ4n) is 4.26. The van der Waals surface area contributed by atoms with Gasteiger partial charge in [0.1, 0.15) is 0 Å². The molecule has 158 valence electrons. The molecule has 0 saturated heterocycles. The molecule has 0 bridgehead atoms. The van der Waals surface area contributed by atoms with Crippen LogP contribution in [-0.4, -0.2) is 11.7 Å². The van der Waals surface area contributed by atoms with Crippen molar-refractivity contribution in [3.8, 4) is 0 Å². The van der Waals surface area contributed by atoms with E-state index in [0.717, 1.165) is 5.79 Å². The number of allylic oxidation sites excluding steroid dienone is 4. The average molecular weight is 501 g/mol. The summed E-state index contributed by atoms with van der Waals surface area (Å²) in [4.78, 5) is 0. The van der Waals surface area contributed by atoms with Gasteiger partial charge in [0.05, 0.1) is 0 Å². The molecular weight excluding hydrogens is 466 g/mol. The molecule has 1 aliphatic carbocycles. The molecule has 0 heterocycles. The number of hydrogen-bond acceptors (Lipinski definition) is 0. The van der Waals surface area contributed by atoms with Gasteiger partial charge in [0.15, 0.2) is 0 Å². The van der Waals surface area contributed by atoms with Crippen LogP contribution in [0.4, 0.5) is 0 Å². The summed E-state index contributed by atoms with van der Waals surface area (Å²) in [5, 5.41) is 11.9. The van der Waals surface area contributed by atoms with E-state index in [1.54, 1.807) is 0 Å². The molecule has 0 saturated carbocycles. The Morgan fingerprint density at radius 2 is 1.14 bits per heavy atom. The zero-order chi connectivity index (χ0) is 21.8. The maximum absolute atomic E-state index is 8.18. The van der Waals surface area contributed by atoms with Gasteiger partial charge in [-0.15, -0.1) is 0 Å². The van der Waals surface area contributed by atoms with Crippen LogP contribution < -0.4 is 10.6 Å². The van der Waals surface area contributed by atoms with Crippen LogP contribution in [0.15, 0.2) is 85.0 Å². The van der Waals surface area contributed by atoms with Gasteiger partial charge in [0, 0.05) is 0 Å². The molecule has 0 N–H and O–H groups in total. The fraction of sp³-hybridized carbons (Fsp3) is 0.333. The Kier molecular flexibility index (Phi) is 4.40. The summed E-state index contributed by atoms with van der Waals surface area (Å²) in [6.07, 6.45) is 8.70. The first kappa shape index (κ1) is 23.5. The van der Waals surface area contributed by atoms with Crippen molar-refractivity contribution in [3.63, 3.8) is 0 Å². The van der Waals surface area contributed by atoms with Crippen LogP contribution in [0, 0.1) is 0 Å². The predicted octanol–water partition coefficient (Wildman–Crippen LogP) is 8.57. The minimum atomic E-state index is -5.50. The summed E-state index contributed by atoms with van der Waals surface area (Å²) < 4.78 is 0.0656. The van der Waals surface area contributed by atoms with E-state index in [1.807, 2.05) is 0 Å². The molecule has 0 radical (unpaired) electrons. The Bertz CT molecular complexity index is 963. The first-order valence-electron chi connectivity index (χ1n) is 10.5. The van der Waals surface area contributed by atoms with E-state index in [0.29, 0.717) is 0 Å². The van der Waals surface area contributed by atoms with E-state index in [9.17, 15) is 0 Å². The van der Waals surface area contributed by atoms with Crippen LogP contribution in [0.1, 0.15) is 0 Å². The number of rotatable bonds is 6. The van der Waals surface area contributed by atoms with Crippen molar-refractivity contribution in [2.24, 2.45) is 0 Å². The number of halogens is 2. The van der Waals surface area contributed by atoms with E-state index in [1.165, 1.54) is 10.6 Å². The Balaban J connectivity index is 2.22. The molecular formula is C24H35Cl2PSiTi. The van der Waals surface area contributed by atoms with Crippen LogP contribution in [0.3, 0.4) is 0 Å². The summed E-state index contributed by atoms with van der Waals surface area (Å²) in [7, 11) is 10.3. The molecule has 5 heteroatoms. The van der Waals surface area contributed by atoms with Gasteiger partial charge in [-0.25, -0.2) is 0 Å². The first-order valence-corrected chi connectivity index (χ1v) is 29.0. The zero-order valence-electron chi connectivity index (χ0n) is 18.6. The number of benzene rings is 2. The van der Waals surface area contributed by atoms with Crippen molar-refractivity contribution in [1.29, 1.82) is 0 Å². The molecule has 0 spiro atoms. The first-order chi connectivity index (χ1) is 12.9. The molecule has 0 unspecified atom stereocenters. The van der Waals surface area contributed by atoms with Gasteiger partial charge >= 0.3 is 181 Å². The van der Waals surface area contributed by atoms with Crippen LogP contribution in [-0.2, 0) is 8.59 Å². The van der Waals surface area contributed by atoms with Gasteiger partial charge in [0.2, 0.25) is 0 Å². The predicted molar refractivity (Wildman–Crippen MR) is 139 cm³/mol. The van der Waals surface area contributed by atoms with Crippen molar-refractivity contribution in [2.75, 3.05) is 5.79 Å². The summed E-state index contributed by atoms with van der Waals surface area (Å²) in [5.41, 5.74) is 0. The standard InChI is InChI=1S/C15H18PSi.C5H5.4CH3.2ClH.Ti/c1-17(2)13-16(14-9-5-3-6-10-14)15-11-7-4-8-12-15;1-2-4-5-3-1;;;;;;;/h3-12H,13H2,1-2H3;1-5H;4*1H3;2*1H;/q;;;;;;;;+2/p-2. The molecule has 29 heavy (non-hydrogen) atoms. The zero-order valence-corrected chi connectivity index (χ0v) is 23.5. The Labute approximate surface area is 179 Å². The van der Waals surface area contributed by atoms with E-state index < -0.39 is 22.5 Å². The van der Waals surface area contributed by atoms with Crippen molar-refractivity contribution in [1.82, 2.24) is 0 Å². The van der Waals surface area contributed by atoms with Gasteiger partial charge in [-0.3, -0.25) is 0 Å². The normalized spacial score (nSPS) is 20.7. The molecule has 2 aromatic carbocycles.